The molecular weight excluding hydrogens is 426 g/mol. The van der Waals surface area contributed by atoms with Gasteiger partial charge in [-0.1, -0.05) is 6.07 Å². The first-order chi connectivity index (χ1) is 16.5. The lowest BCUT2D eigenvalue weighted by molar-refractivity contribution is -0.0503. The fourth-order valence-electron chi connectivity index (χ4n) is 8.54. The van der Waals surface area contributed by atoms with Crippen LogP contribution >= 0.6 is 0 Å². The maximum atomic E-state index is 13.3. The summed E-state index contributed by atoms with van der Waals surface area (Å²) in [7, 11) is 0. The molecule has 4 saturated carbocycles. The zero-order valence-corrected chi connectivity index (χ0v) is 19.8. The van der Waals surface area contributed by atoms with Gasteiger partial charge in [0, 0.05) is 25.3 Å². The number of pyridine rings is 1. The summed E-state index contributed by atoms with van der Waals surface area (Å²) in [6, 6.07) is 5.75. The number of nitrogens with zero attached hydrogens (tertiary/aromatic N) is 3. The van der Waals surface area contributed by atoms with Crippen molar-refractivity contribution in [1.82, 2.24) is 24.9 Å². The molecule has 0 unspecified atom stereocenters. The zero-order chi connectivity index (χ0) is 22.9. The van der Waals surface area contributed by atoms with Crippen LogP contribution in [-0.2, 0) is 0 Å². The highest BCUT2D eigenvalue weighted by Gasteiger charge is 2.50. The van der Waals surface area contributed by atoms with Gasteiger partial charge in [-0.3, -0.25) is 14.0 Å². The van der Waals surface area contributed by atoms with Gasteiger partial charge in [0.05, 0.1) is 0 Å². The molecule has 3 aliphatic heterocycles. The van der Waals surface area contributed by atoms with Gasteiger partial charge in [0.15, 0.2) is 0 Å². The van der Waals surface area contributed by atoms with Gasteiger partial charge in [0.25, 0.3) is 11.8 Å². The Morgan fingerprint density at radius 3 is 2.35 bits per heavy atom. The quantitative estimate of drug-likeness (QED) is 0.717. The zero-order valence-electron chi connectivity index (χ0n) is 19.8. The van der Waals surface area contributed by atoms with Crippen molar-refractivity contribution in [3.05, 3.63) is 35.8 Å². The molecule has 180 valence electrons. The van der Waals surface area contributed by atoms with Gasteiger partial charge in [0.2, 0.25) is 0 Å². The molecule has 6 bridgehead atoms. The van der Waals surface area contributed by atoms with E-state index in [1.807, 2.05) is 18.2 Å². The van der Waals surface area contributed by atoms with Crippen molar-refractivity contribution in [2.75, 3.05) is 26.2 Å². The summed E-state index contributed by atoms with van der Waals surface area (Å²) in [5, 5.41) is 6.50. The number of amides is 2. The molecule has 1 atom stereocenters. The van der Waals surface area contributed by atoms with E-state index >= 15 is 0 Å². The number of piperidine rings is 3. The first-order valence-electron chi connectivity index (χ1n) is 13.3. The van der Waals surface area contributed by atoms with E-state index in [9.17, 15) is 9.59 Å². The number of hydrogen-bond donors (Lipinski definition) is 2. The highest BCUT2D eigenvalue weighted by atomic mass is 16.2. The minimum Gasteiger partial charge on any atom is -0.350 e. The molecule has 0 radical (unpaired) electrons. The van der Waals surface area contributed by atoms with Crippen molar-refractivity contribution in [3.8, 4) is 0 Å². The summed E-state index contributed by atoms with van der Waals surface area (Å²) in [6.45, 7) is 4.00. The molecule has 4 aliphatic carbocycles. The minimum absolute atomic E-state index is 0.0666. The lowest BCUT2D eigenvalue weighted by Gasteiger charge is -2.56. The number of imidazole rings is 1. The summed E-state index contributed by atoms with van der Waals surface area (Å²) in [4.78, 5) is 33.3. The molecule has 2 aromatic rings. The van der Waals surface area contributed by atoms with Crippen LogP contribution in [0.15, 0.2) is 24.4 Å². The Morgan fingerprint density at radius 2 is 1.71 bits per heavy atom. The van der Waals surface area contributed by atoms with E-state index in [2.05, 4.69) is 20.5 Å². The summed E-state index contributed by atoms with van der Waals surface area (Å²) in [5.74, 6) is 2.98. The van der Waals surface area contributed by atoms with E-state index in [4.69, 9.17) is 0 Å². The highest BCUT2D eigenvalue weighted by Crippen LogP contribution is 2.59. The Kier molecular flexibility index (Phi) is 4.80. The van der Waals surface area contributed by atoms with Gasteiger partial charge in [0.1, 0.15) is 17.0 Å². The standard InChI is InChI=1S/C27H35N5O2/c33-25(30-21-14-31-6-4-20(21)5-7-31)22-15-32-23(2-1-3-24(32)29-22)26(34)28-16-27-11-17-8-18(12-27)10-19(9-17)13-27/h1-3,15,17-21H,4-14,16H2,(H,28,34)(H,30,33)/t17?,18?,19?,21-,27?/m0/s1. The molecule has 7 heteroatoms. The molecule has 0 aromatic carbocycles. The number of carbonyl (C=O) groups excluding carboxylic acids is 2. The first-order valence-corrected chi connectivity index (χ1v) is 13.3. The van der Waals surface area contributed by atoms with Crippen molar-refractivity contribution in [2.24, 2.45) is 29.1 Å². The van der Waals surface area contributed by atoms with Crippen molar-refractivity contribution >= 4 is 17.5 Å². The largest absolute Gasteiger partial charge is 0.350 e. The van der Waals surface area contributed by atoms with E-state index in [0.29, 0.717) is 28.4 Å². The van der Waals surface area contributed by atoms with Crippen molar-refractivity contribution in [1.29, 1.82) is 0 Å². The Hall–Kier alpha value is -2.41. The van der Waals surface area contributed by atoms with Crippen LogP contribution in [0, 0.1) is 29.1 Å². The third kappa shape index (κ3) is 3.55. The maximum absolute atomic E-state index is 13.3. The van der Waals surface area contributed by atoms with Crippen LogP contribution in [0.4, 0.5) is 0 Å². The molecule has 2 amide bonds. The number of nitrogens with one attached hydrogen (secondary N) is 2. The van der Waals surface area contributed by atoms with E-state index < -0.39 is 0 Å². The highest BCUT2D eigenvalue weighted by molar-refractivity contribution is 5.95. The lowest BCUT2D eigenvalue weighted by Crippen LogP contribution is -2.57. The lowest BCUT2D eigenvalue weighted by atomic mass is 9.49. The van der Waals surface area contributed by atoms with Crippen LogP contribution in [0.25, 0.3) is 5.65 Å². The van der Waals surface area contributed by atoms with Crippen LogP contribution in [0.2, 0.25) is 0 Å². The predicted molar refractivity (Wildman–Crippen MR) is 129 cm³/mol. The number of carbonyl (C=O) groups is 2. The third-order valence-electron chi connectivity index (χ3n) is 9.72. The second-order valence-corrected chi connectivity index (χ2v) is 12.1. The maximum Gasteiger partial charge on any atom is 0.271 e. The third-order valence-corrected chi connectivity index (χ3v) is 9.72. The van der Waals surface area contributed by atoms with Gasteiger partial charge in [-0.05, 0) is 106 Å². The molecule has 9 rings (SSSR count). The topological polar surface area (TPSA) is 78.7 Å². The number of fused-ring (bicyclic) bond motifs is 4. The van der Waals surface area contributed by atoms with E-state index in [1.165, 1.54) is 38.5 Å². The summed E-state index contributed by atoms with van der Waals surface area (Å²) in [5.41, 5.74) is 1.88. The molecule has 34 heavy (non-hydrogen) atoms. The Bertz CT molecular complexity index is 1100. The average Bonchev–Trinajstić information content (AvgIpc) is 3.27. The monoisotopic (exact) mass is 461 g/mol. The molecule has 3 saturated heterocycles. The summed E-state index contributed by atoms with van der Waals surface area (Å²) < 4.78 is 1.78. The van der Waals surface area contributed by atoms with Crippen LogP contribution in [0.5, 0.6) is 0 Å². The van der Waals surface area contributed by atoms with Gasteiger partial charge in [-0.25, -0.2) is 4.98 Å². The second-order valence-electron chi connectivity index (χ2n) is 12.1. The summed E-state index contributed by atoms with van der Waals surface area (Å²) in [6.07, 6.45) is 12.1. The van der Waals surface area contributed by atoms with Crippen LogP contribution in [-0.4, -0.2) is 58.3 Å². The normalized spacial score (nSPS) is 37.8. The van der Waals surface area contributed by atoms with Crippen LogP contribution < -0.4 is 10.6 Å². The fourth-order valence-corrected chi connectivity index (χ4v) is 8.54. The average molecular weight is 462 g/mol. The van der Waals surface area contributed by atoms with Gasteiger partial charge < -0.3 is 15.5 Å². The molecule has 2 aromatic heterocycles. The Labute approximate surface area is 200 Å². The van der Waals surface area contributed by atoms with Crippen LogP contribution in [0.3, 0.4) is 0 Å². The van der Waals surface area contributed by atoms with Crippen LogP contribution in [0.1, 0.15) is 72.3 Å². The summed E-state index contributed by atoms with van der Waals surface area (Å²) >= 11 is 0. The van der Waals surface area contributed by atoms with Crippen molar-refractivity contribution in [2.45, 2.75) is 57.4 Å². The fraction of sp³-hybridized carbons (Fsp3) is 0.667. The minimum atomic E-state index is -0.137. The second kappa shape index (κ2) is 7.80. The molecular formula is C27H35N5O2. The molecule has 7 nitrogen and oxygen atoms in total. The first kappa shape index (κ1) is 20.9. The van der Waals surface area contributed by atoms with Crippen molar-refractivity contribution in [3.63, 3.8) is 0 Å². The van der Waals surface area contributed by atoms with Gasteiger partial charge >= 0.3 is 0 Å². The number of rotatable bonds is 5. The number of aromatic nitrogens is 2. The molecule has 7 aliphatic rings. The molecule has 2 N–H and O–H groups in total. The smallest absolute Gasteiger partial charge is 0.271 e. The van der Waals surface area contributed by atoms with Gasteiger partial charge in [-0.2, -0.15) is 0 Å². The molecule has 7 fully saturated rings. The predicted octanol–water partition coefficient (Wildman–Crippen LogP) is 3.10. The SMILES string of the molecule is O=C(N[C@H]1CN2CCC1CC2)c1cn2c(C(=O)NCC34CC5CC(CC(C5)C3)C4)cccc2n1. The number of hydrogen-bond acceptors (Lipinski definition) is 4. The molecule has 0 spiro atoms. The Balaban J connectivity index is 1.06. The van der Waals surface area contributed by atoms with Gasteiger partial charge in [-0.15, -0.1) is 0 Å². The molecule has 5 heterocycles. The van der Waals surface area contributed by atoms with E-state index in [0.717, 1.165) is 56.8 Å². The van der Waals surface area contributed by atoms with E-state index in [-0.39, 0.29) is 17.9 Å². The van der Waals surface area contributed by atoms with E-state index in [1.54, 1.807) is 10.6 Å². The Morgan fingerprint density at radius 1 is 1.00 bits per heavy atom. The van der Waals surface area contributed by atoms with Crippen molar-refractivity contribution < 1.29 is 9.59 Å².